The lowest BCUT2D eigenvalue weighted by Gasteiger charge is -2.35. The Labute approximate surface area is 157 Å². The van der Waals surface area contributed by atoms with Crippen LogP contribution in [-0.2, 0) is 17.6 Å². The van der Waals surface area contributed by atoms with Crippen LogP contribution in [0.1, 0.15) is 45.4 Å². The molecule has 3 aromatic rings. The monoisotopic (exact) mass is 364 g/mol. The summed E-state index contributed by atoms with van der Waals surface area (Å²) < 4.78 is 5.54. The highest BCUT2D eigenvalue weighted by atomic mass is 16.4. The SMILES string of the molecule is CC(=O)Nc1nc2c(c3c1c(=O)oc1ccccc13)CC(C(C)(C)C)CC2. The normalized spacial score (nSPS) is 17.1. The fourth-order valence-electron chi connectivity index (χ4n) is 4.16. The second-order valence-corrected chi connectivity index (χ2v) is 8.51. The van der Waals surface area contributed by atoms with Crippen molar-refractivity contribution in [2.45, 2.75) is 47.0 Å². The third-order valence-electron chi connectivity index (χ3n) is 5.65. The van der Waals surface area contributed by atoms with Crippen LogP contribution in [-0.4, -0.2) is 10.9 Å². The smallest absolute Gasteiger partial charge is 0.347 e. The quantitative estimate of drug-likeness (QED) is 0.511. The Bertz CT molecular complexity index is 1120. The first-order valence-electron chi connectivity index (χ1n) is 9.40. The minimum absolute atomic E-state index is 0.176. The van der Waals surface area contributed by atoms with Gasteiger partial charge in [0.25, 0.3) is 0 Å². The maximum absolute atomic E-state index is 12.8. The molecule has 140 valence electrons. The van der Waals surface area contributed by atoms with Crippen molar-refractivity contribution in [2.24, 2.45) is 11.3 Å². The number of aryl methyl sites for hydroxylation is 1. The van der Waals surface area contributed by atoms with Crippen molar-refractivity contribution in [3.05, 3.63) is 45.9 Å². The van der Waals surface area contributed by atoms with Gasteiger partial charge >= 0.3 is 5.63 Å². The summed E-state index contributed by atoms with van der Waals surface area (Å²) >= 11 is 0. The van der Waals surface area contributed by atoms with Crippen molar-refractivity contribution in [3.8, 4) is 0 Å². The van der Waals surface area contributed by atoms with Gasteiger partial charge in [-0.1, -0.05) is 39.0 Å². The molecule has 4 rings (SSSR count). The molecule has 1 N–H and O–H groups in total. The van der Waals surface area contributed by atoms with Gasteiger partial charge in [0.15, 0.2) is 0 Å². The molecule has 0 spiro atoms. The van der Waals surface area contributed by atoms with Crippen LogP contribution in [0.2, 0.25) is 0 Å². The number of amides is 1. The number of hydrogen-bond donors (Lipinski definition) is 1. The summed E-state index contributed by atoms with van der Waals surface area (Å²) in [5.74, 6) is 0.567. The zero-order valence-corrected chi connectivity index (χ0v) is 16.2. The van der Waals surface area contributed by atoms with E-state index in [1.54, 1.807) is 0 Å². The van der Waals surface area contributed by atoms with Crippen molar-refractivity contribution >= 4 is 33.5 Å². The van der Waals surface area contributed by atoms with E-state index in [1.165, 1.54) is 6.92 Å². The highest BCUT2D eigenvalue weighted by Gasteiger charge is 2.32. The Morgan fingerprint density at radius 1 is 1.22 bits per heavy atom. The minimum Gasteiger partial charge on any atom is -0.422 e. The Hall–Kier alpha value is -2.69. The number of carbonyl (C=O) groups excluding carboxylic acids is 1. The van der Waals surface area contributed by atoms with Crippen LogP contribution < -0.4 is 10.9 Å². The molecule has 0 fully saturated rings. The maximum Gasteiger partial charge on any atom is 0.347 e. The number of pyridine rings is 1. The van der Waals surface area contributed by atoms with Gasteiger partial charge in [0.2, 0.25) is 5.91 Å². The summed E-state index contributed by atoms with van der Waals surface area (Å²) in [5.41, 5.74) is 2.38. The first kappa shape index (κ1) is 17.7. The molecular weight excluding hydrogens is 340 g/mol. The zero-order valence-electron chi connectivity index (χ0n) is 16.2. The second kappa shape index (κ2) is 6.19. The topological polar surface area (TPSA) is 72.2 Å². The summed E-state index contributed by atoms with van der Waals surface area (Å²) in [6, 6.07) is 7.58. The van der Waals surface area contributed by atoms with Crippen LogP contribution in [0.5, 0.6) is 0 Å². The average Bonchev–Trinajstić information content (AvgIpc) is 2.59. The first-order valence-corrected chi connectivity index (χ1v) is 9.40. The Kier molecular flexibility index (Phi) is 4.06. The van der Waals surface area contributed by atoms with Crippen molar-refractivity contribution in [1.82, 2.24) is 4.98 Å². The first-order chi connectivity index (χ1) is 12.8. The van der Waals surface area contributed by atoms with Gasteiger partial charge in [-0.15, -0.1) is 0 Å². The summed E-state index contributed by atoms with van der Waals surface area (Å²) in [5, 5.41) is 4.88. The van der Waals surface area contributed by atoms with Crippen LogP contribution in [0.15, 0.2) is 33.5 Å². The van der Waals surface area contributed by atoms with E-state index in [0.29, 0.717) is 22.7 Å². The number of benzene rings is 1. The van der Waals surface area contributed by atoms with Gasteiger partial charge in [-0.25, -0.2) is 9.78 Å². The lowest BCUT2D eigenvalue weighted by Crippen LogP contribution is -2.28. The predicted molar refractivity (Wildman–Crippen MR) is 107 cm³/mol. The molecule has 27 heavy (non-hydrogen) atoms. The van der Waals surface area contributed by atoms with Gasteiger partial charge in [0.1, 0.15) is 16.8 Å². The molecule has 1 aliphatic carbocycles. The van der Waals surface area contributed by atoms with E-state index in [-0.39, 0.29) is 11.3 Å². The average molecular weight is 364 g/mol. The van der Waals surface area contributed by atoms with Gasteiger partial charge < -0.3 is 9.73 Å². The largest absolute Gasteiger partial charge is 0.422 e. The molecule has 1 atom stereocenters. The Morgan fingerprint density at radius 2 is 1.96 bits per heavy atom. The number of nitrogens with one attached hydrogen (secondary N) is 1. The van der Waals surface area contributed by atoms with Gasteiger partial charge in [-0.3, -0.25) is 4.79 Å². The second-order valence-electron chi connectivity index (χ2n) is 8.51. The van der Waals surface area contributed by atoms with Gasteiger partial charge in [0, 0.05) is 23.4 Å². The van der Waals surface area contributed by atoms with Crippen LogP contribution in [0, 0.1) is 11.3 Å². The Morgan fingerprint density at radius 3 is 2.67 bits per heavy atom. The third-order valence-corrected chi connectivity index (χ3v) is 5.65. The number of anilines is 1. The van der Waals surface area contributed by atoms with Crippen molar-refractivity contribution < 1.29 is 9.21 Å². The molecule has 2 heterocycles. The van der Waals surface area contributed by atoms with Crippen molar-refractivity contribution in [2.75, 3.05) is 5.32 Å². The minimum atomic E-state index is -0.458. The molecule has 5 nitrogen and oxygen atoms in total. The van der Waals surface area contributed by atoms with Crippen LogP contribution in [0.25, 0.3) is 21.7 Å². The van der Waals surface area contributed by atoms with Gasteiger partial charge in [0.05, 0.1) is 0 Å². The van der Waals surface area contributed by atoms with Gasteiger partial charge in [-0.2, -0.15) is 0 Å². The van der Waals surface area contributed by atoms with E-state index >= 15 is 0 Å². The predicted octanol–water partition coefficient (Wildman–Crippen LogP) is 4.45. The Balaban J connectivity index is 2.10. The number of carbonyl (C=O) groups is 1. The van der Waals surface area contributed by atoms with Crippen molar-refractivity contribution in [3.63, 3.8) is 0 Å². The highest BCUT2D eigenvalue weighted by molar-refractivity contribution is 6.11. The van der Waals surface area contributed by atoms with E-state index in [2.05, 4.69) is 31.1 Å². The highest BCUT2D eigenvalue weighted by Crippen LogP contribution is 2.41. The van der Waals surface area contributed by atoms with Crippen LogP contribution in [0.4, 0.5) is 5.82 Å². The number of nitrogens with zero attached hydrogens (tertiary/aromatic N) is 1. The molecule has 0 radical (unpaired) electrons. The fraction of sp³-hybridized carbons (Fsp3) is 0.409. The molecule has 0 bridgehead atoms. The molecule has 2 aromatic heterocycles. The van der Waals surface area contributed by atoms with E-state index in [1.807, 2.05) is 24.3 Å². The van der Waals surface area contributed by atoms with Gasteiger partial charge in [-0.05, 0) is 42.2 Å². The summed E-state index contributed by atoms with van der Waals surface area (Å²) in [4.78, 5) is 29.2. The van der Waals surface area contributed by atoms with E-state index in [9.17, 15) is 9.59 Å². The van der Waals surface area contributed by atoms with Crippen molar-refractivity contribution in [1.29, 1.82) is 0 Å². The number of fused-ring (bicyclic) bond motifs is 5. The number of rotatable bonds is 1. The summed E-state index contributed by atoms with van der Waals surface area (Å²) in [7, 11) is 0. The lowest BCUT2D eigenvalue weighted by molar-refractivity contribution is -0.114. The summed E-state index contributed by atoms with van der Waals surface area (Å²) in [6.45, 7) is 8.20. The molecule has 5 heteroatoms. The lowest BCUT2D eigenvalue weighted by atomic mass is 9.71. The molecule has 1 aliphatic rings. The van der Waals surface area contributed by atoms with E-state index in [0.717, 1.165) is 41.3 Å². The van der Waals surface area contributed by atoms with E-state index < -0.39 is 5.63 Å². The number of para-hydroxylation sites is 1. The molecule has 0 saturated carbocycles. The van der Waals surface area contributed by atoms with Crippen LogP contribution >= 0.6 is 0 Å². The third kappa shape index (κ3) is 3.01. The standard InChI is InChI=1S/C22H24N2O3/c1-12(25)23-20-19-18(14-7-5-6-8-17(14)27-21(19)26)15-11-13(22(2,3)4)9-10-16(15)24-20/h5-8,13H,9-11H2,1-4H3,(H,23,24,25). The zero-order chi connectivity index (χ0) is 19.3. The molecule has 1 amide bonds. The fourth-order valence-corrected chi connectivity index (χ4v) is 4.16. The molecule has 0 saturated heterocycles. The molecule has 1 unspecified atom stereocenters. The maximum atomic E-state index is 12.8. The van der Waals surface area contributed by atoms with E-state index in [4.69, 9.17) is 4.42 Å². The number of aromatic nitrogens is 1. The molecule has 0 aliphatic heterocycles. The summed E-state index contributed by atoms with van der Waals surface area (Å²) in [6.07, 6.45) is 2.76. The molecule has 1 aromatic carbocycles. The van der Waals surface area contributed by atoms with Crippen LogP contribution in [0.3, 0.4) is 0 Å². The number of hydrogen-bond acceptors (Lipinski definition) is 4. The molecular formula is C22H24N2O3.